The Morgan fingerprint density at radius 2 is 2.17 bits per heavy atom. The van der Waals surface area contributed by atoms with E-state index in [0.29, 0.717) is 12.3 Å². The number of amides is 1. The number of hydroxylamine groups is 1. The van der Waals surface area contributed by atoms with E-state index in [0.717, 1.165) is 57.7 Å². The number of carbonyl (C=O) groups excluding carboxylic acids is 1. The third kappa shape index (κ3) is 4.97. The van der Waals surface area contributed by atoms with Crippen LogP contribution in [0.1, 0.15) is 35.3 Å². The summed E-state index contributed by atoms with van der Waals surface area (Å²) in [7, 11) is 0. The van der Waals surface area contributed by atoms with E-state index in [1.807, 2.05) is 6.07 Å². The summed E-state index contributed by atoms with van der Waals surface area (Å²) in [5.74, 6) is -0.350. The zero-order valence-corrected chi connectivity index (χ0v) is 13.2. The maximum Gasteiger partial charge on any atom is 0.293 e. The Hall–Kier alpha value is -1.54. The van der Waals surface area contributed by atoms with Crippen molar-refractivity contribution >= 4 is 5.91 Å². The third-order valence-electron chi connectivity index (χ3n) is 3.99. The van der Waals surface area contributed by atoms with Gasteiger partial charge in [-0.05, 0) is 24.5 Å². The Labute approximate surface area is 135 Å². The molecule has 126 valence electrons. The Morgan fingerprint density at radius 1 is 1.30 bits per heavy atom. The van der Waals surface area contributed by atoms with Crippen LogP contribution in [-0.2, 0) is 20.9 Å². The van der Waals surface area contributed by atoms with Crippen molar-refractivity contribution < 1.29 is 19.1 Å². The second-order valence-electron chi connectivity index (χ2n) is 5.79. The van der Waals surface area contributed by atoms with E-state index >= 15 is 0 Å². The molecule has 3 rings (SSSR count). The van der Waals surface area contributed by atoms with Gasteiger partial charge >= 0.3 is 0 Å². The molecule has 1 amide bonds. The summed E-state index contributed by atoms with van der Waals surface area (Å²) >= 11 is 0. The number of aromatic nitrogens is 1. The second-order valence-corrected chi connectivity index (χ2v) is 5.79. The lowest BCUT2D eigenvalue weighted by atomic mass is 10.2. The van der Waals surface area contributed by atoms with Crippen LogP contribution in [0.3, 0.4) is 0 Å². The zero-order valence-electron chi connectivity index (χ0n) is 13.2. The summed E-state index contributed by atoms with van der Waals surface area (Å²) in [6.07, 6.45) is 4.27. The quantitative estimate of drug-likeness (QED) is 0.819. The molecule has 0 spiro atoms. The van der Waals surface area contributed by atoms with E-state index in [1.165, 1.54) is 0 Å². The molecule has 1 atom stereocenters. The van der Waals surface area contributed by atoms with E-state index in [-0.39, 0.29) is 12.2 Å². The summed E-state index contributed by atoms with van der Waals surface area (Å²) in [4.78, 5) is 23.8. The van der Waals surface area contributed by atoms with Gasteiger partial charge < -0.3 is 9.47 Å². The van der Waals surface area contributed by atoms with E-state index in [2.05, 4.69) is 15.4 Å². The van der Waals surface area contributed by atoms with Crippen molar-refractivity contribution in [2.24, 2.45) is 0 Å². The molecule has 7 heteroatoms. The number of morpholine rings is 1. The number of rotatable bonds is 5. The Balaban J connectivity index is 1.46. The van der Waals surface area contributed by atoms with Gasteiger partial charge in [-0.1, -0.05) is 6.07 Å². The number of nitrogens with zero attached hydrogens (tertiary/aromatic N) is 2. The molecular weight excluding hydrogens is 298 g/mol. The average molecular weight is 321 g/mol. The Kier molecular flexibility index (Phi) is 5.93. The van der Waals surface area contributed by atoms with Crippen molar-refractivity contribution in [2.45, 2.75) is 32.1 Å². The first-order chi connectivity index (χ1) is 11.3. The largest absolute Gasteiger partial charge is 0.379 e. The summed E-state index contributed by atoms with van der Waals surface area (Å²) in [6.45, 7) is 4.90. The predicted octanol–water partition coefficient (Wildman–Crippen LogP) is 1.10. The monoisotopic (exact) mass is 321 g/mol. The molecule has 2 saturated heterocycles. The fourth-order valence-corrected chi connectivity index (χ4v) is 2.65. The maximum atomic E-state index is 12.0. The lowest BCUT2D eigenvalue weighted by Crippen LogP contribution is -2.35. The Morgan fingerprint density at radius 3 is 2.87 bits per heavy atom. The van der Waals surface area contributed by atoms with Crippen LogP contribution in [-0.4, -0.2) is 55.0 Å². The fourth-order valence-electron chi connectivity index (χ4n) is 2.65. The predicted molar refractivity (Wildman–Crippen MR) is 82.5 cm³/mol. The van der Waals surface area contributed by atoms with Crippen LogP contribution in [0.15, 0.2) is 18.3 Å². The zero-order chi connectivity index (χ0) is 15.9. The highest BCUT2D eigenvalue weighted by Gasteiger charge is 2.17. The van der Waals surface area contributed by atoms with E-state index in [9.17, 15) is 4.79 Å². The highest BCUT2D eigenvalue weighted by atomic mass is 16.8. The standard InChI is InChI=1S/C16H23N3O4/c20-16(18-23-15-3-1-2-8-22-15)14-5-4-13(11-17-14)12-19-6-9-21-10-7-19/h4-5,11,15H,1-3,6-10,12H2,(H,18,20)/t15-/m0/s1. The van der Waals surface area contributed by atoms with Crippen LogP contribution < -0.4 is 5.48 Å². The fraction of sp³-hybridized carbons (Fsp3) is 0.625. The molecule has 0 unspecified atom stereocenters. The van der Waals surface area contributed by atoms with E-state index in [4.69, 9.17) is 14.3 Å². The molecule has 3 heterocycles. The van der Waals surface area contributed by atoms with Crippen LogP contribution in [0.25, 0.3) is 0 Å². The molecule has 23 heavy (non-hydrogen) atoms. The van der Waals surface area contributed by atoms with Gasteiger partial charge in [0, 0.05) is 38.9 Å². The van der Waals surface area contributed by atoms with Crippen LogP contribution in [0.5, 0.6) is 0 Å². The molecular formula is C16H23N3O4. The van der Waals surface area contributed by atoms with Crippen LogP contribution in [0, 0.1) is 0 Å². The number of hydrogen-bond acceptors (Lipinski definition) is 6. The second kappa shape index (κ2) is 8.35. The minimum atomic E-state index is -0.353. The molecule has 0 aromatic carbocycles. The van der Waals surface area contributed by atoms with Crippen molar-refractivity contribution in [3.63, 3.8) is 0 Å². The van der Waals surface area contributed by atoms with Gasteiger partial charge in [0.15, 0.2) is 6.29 Å². The maximum absolute atomic E-state index is 12.0. The minimum absolute atomic E-state index is 0.339. The van der Waals surface area contributed by atoms with Gasteiger partial charge in [0.1, 0.15) is 5.69 Å². The first kappa shape index (κ1) is 16.3. The summed E-state index contributed by atoms with van der Waals surface area (Å²) in [6, 6.07) is 3.64. The summed E-state index contributed by atoms with van der Waals surface area (Å²) in [5.41, 5.74) is 3.84. The topological polar surface area (TPSA) is 72.9 Å². The molecule has 2 aliphatic heterocycles. The van der Waals surface area contributed by atoms with Gasteiger partial charge in [0.2, 0.25) is 0 Å². The molecule has 1 aromatic rings. The van der Waals surface area contributed by atoms with E-state index < -0.39 is 0 Å². The molecule has 0 aliphatic carbocycles. The van der Waals surface area contributed by atoms with Crippen molar-refractivity contribution in [3.05, 3.63) is 29.6 Å². The molecule has 0 radical (unpaired) electrons. The molecule has 1 aromatic heterocycles. The first-order valence-electron chi connectivity index (χ1n) is 8.14. The summed E-state index contributed by atoms with van der Waals surface area (Å²) < 4.78 is 10.7. The van der Waals surface area contributed by atoms with Gasteiger partial charge in [-0.25, -0.2) is 10.3 Å². The summed E-state index contributed by atoms with van der Waals surface area (Å²) in [5, 5.41) is 0. The van der Waals surface area contributed by atoms with Crippen molar-refractivity contribution in [1.29, 1.82) is 0 Å². The molecule has 2 aliphatic rings. The van der Waals surface area contributed by atoms with Gasteiger partial charge in [-0.2, -0.15) is 0 Å². The van der Waals surface area contributed by atoms with Crippen LogP contribution in [0.2, 0.25) is 0 Å². The highest BCUT2D eigenvalue weighted by molar-refractivity contribution is 5.91. The van der Waals surface area contributed by atoms with Crippen LogP contribution in [0.4, 0.5) is 0 Å². The smallest absolute Gasteiger partial charge is 0.293 e. The third-order valence-corrected chi connectivity index (χ3v) is 3.99. The average Bonchev–Trinajstić information content (AvgIpc) is 2.62. The van der Waals surface area contributed by atoms with Crippen molar-refractivity contribution in [3.8, 4) is 0 Å². The lowest BCUT2D eigenvalue weighted by molar-refractivity contribution is -0.186. The minimum Gasteiger partial charge on any atom is -0.379 e. The highest BCUT2D eigenvalue weighted by Crippen LogP contribution is 2.13. The number of pyridine rings is 1. The molecule has 0 saturated carbocycles. The molecule has 1 N–H and O–H groups in total. The SMILES string of the molecule is O=C(NO[C@H]1CCCCO1)c1ccc(CN2CCOCC2)cn1. The number of nitrogens with one attached hydrogen (secondary N) is 1. The Bertz CT molecular complexity index is 497. The van der Waals surface area contributed by atoms with Crippen LogP contribution >= 0.6 is 0 Å². The van der Waals surface area contributed by atoms with Gasteiger partial charge in [0.05, 0.1) is 13.2 Å². The van der Waals surface area contributed by atoms with Crippen molar-refractivity contribution in [1.82, 2.24) is 15.4 Å². The molecule has 2 fully saturated rings. The van der Waals surface area contributed by atoms with Gasteiger partial charge in [-0.3, -0.25) is 14.7 Å². The lowest BCUT2D eigenvalue weighted by Gasteiger charge is -2.26. The van der Waals surface area contributed by atoms with Gasteiger partial charge in [0.25, 0.3) is 5.91 Å². The molecule has 7 nitrogen and oxygen atoms in total. The normalized spacial score (nSPS) is 22.7. The number of ether oxygens (including phenoxy) is 2. The molecule has 0 bridgehead atoms. The van der Waals surface area contributed by atoms with Crippen molar-refractivity contribution in [2.75, 3.05) is 32.9 Å². The first-order valence-corrected chi connectivity index (χ1v) is 8.14. The van der Waals surface area contributed by atoms with Gasteiger partial charge in [-0.15, -0.1) is 0 Å². The number of carbonyl (C=O) groups is 1. The number of hydrogen-bond donors (Lipinski definition) is 1. The van der Waals surface area contributed by atoms with E-state index in [1.54, 1.807) is 12.3 Å².